The molecule has 1 aliphatic heterocycles. The predicted molar refractivity (Wildman–Crippen MR) is 120 cm³/mol. The second kappa shape index (κ2) is 10.5. The first-order chi connectivity index (χ1) is 15.4. The maximum Gasteiger partial charge on any atom is 0.363 e. The quantitative estimate of drug-likeness (QED) is 0.477. The van der Waals surface area contributed by atoms with Crippen molar-refractivity contribution in [2.45, 2.75) is 26.9 Å². The van der Waals surface area contributed by atoms with Gasteiger partial charge in [0.05, 0.1) is 13.2 Å². The Morgan fingerprint density at radius 2 is 1.91 bits per heavy atom. The van der Waals surface area contributed by atoms with Crippen molar-refractivity contribution in [3.8, 4) is 17.2 Å². The van der Waals surface area contributed by atoms with Crippen LogP contribution < -0.4 is 19.5 Å². The molecule has 0 bridgehead atoms. The summed E-state index contributed by atoms with van der Waals surface area (Å²) in [7, 11) is 1.50. The third-order valence-corrected chi connectivity index (χ3v) is 4.32. The highest BCUT2D eigenvalue weighted by molar-refractivity contribution is 6.12. The van der Waals surface area contributed by atoms with Crippen LogP contribution in [0, 0.1) is 0 Å². The molecular weight excluding hydrogens is 412 g/mol. The SMILES string of the molecule is CCNC(=O)COc1ccc(/C=C2\N=C(c3ccc(OC(C)C)cc3)OC2=O)cc1OC. The van der Waals surface area contributed by atoms with E-state index in [1.807, 2.05) is 20.8 Å². The second-order valence-corrected chi connectivity index (χ2v) is 7.18. The van der Waals surface area contributed by atoms with Crippen molar-refractivity contribution in [2.75, 3.05) is 20.3 Å². The number of nitrogens with zero attached hydrogens (tertiary/aromatic N) is 1. The number of nitrogens with one attached hydrogen (secondary N) is 1. The zero-order valence-corrected chi connectivity index (χ0v) is 18.5. The van der Waals surface area contributed by atoms with Gasteiger partial charge in [-0.2, -0.15) is 0 Å². The van der Waals surface area contributed by atoms with Gasteiger partial charge in [0.1, 0.15) is 5.75 Å². The number of hydrogen-bond acceptors (Lipinski definition) is 7. The van der Waals surface area contributed by atoms with Gasteiger partial charge in [-0.3, -0.25) is 4.79 Å². The smallest absolute Gasteiger partial charge is 0.363 e. The molecule has 1 heterocycles. The lowest BCUT2D eigenvalue weighted by Gasteiger charge is -2.11. The summed E-state index contributed by atoms with van der Waals surface area (Å²) in [6.45, 7) is 6.14. The van der Waals surface area contributed by atoms with Gasteiger partial charge in [-0.05, 0) is 68.8 Å². The van der Waals surface area contributed by atoms with Crippen LogP contribution in [0.5, 0.6) is 17.2 Å². The second-order valence-electron chi connectivity index (χ2n) is 7.18. The van der Waals surface area contributed by atoms with Crippen molar-refractivity contribution in [1.82, 2.24) is 5.32 Å². The van der Waals surface area contributed by atoms with Crippen LogP contribution in [-0.2, 0) is 14.3 Å². The van der Waals surface area contributed by atoms with E-state index >= 15 is 0 Å². The summed E-state index contributed by atoms with van der Waals surface area (Å²) in [6, 6.07) is 12.3. The van der Waals surface area contributed by atoms with Crippen LogP contribution in [0.4, 0.5) is 0 Å². The maximum atomic E-state index is 12.3. The lowest BCUT2D eigenvalue weighted by molar-refractivity contribution is -0.130. The predicted octanol–water partition coefficient (Wildman–Crippen LogP) is 3.34. The molecule has 0 fully saturated rings. The summed E-state index contributed by atoms with van der Waals surface area (Å²) < 4.78 is 21.8. The number of carbonyl (C=O) groups excluding carboxylic acids is 2. The molecule has 3 rings (SSSR count). The molecule has 0 atom stereocenters. The Kier molecular flexibility index (Phi) is 7.49. The molecule has 0 radical (unpaired) electrons. The van der Waals surface area contributed by atoms with Gasteiger partial charge in [-0.1, -0.05) is 6.07 Å². The third kappa shape index (κ3) is 5.87. The number of benzene rings is 2. The Hall–Kier alpha value is -3.81. The van der Waals surface area contributed by atoms with Gasteiger partial charge in [-0.15, -0.1) is 0 Å². The Morgan fingerprint density at radius 1 is 1.16 bits per heavy atom. The lowest BCUT2D eigenvalue weighted by Crippen LogP contribution is -2.28. The van der Waals surface area contributed by atoms with E-state index in [9.17, 15) is 9.59 Å². The number of hydrogen-bond donors (Lipinski definition) is 1. The third-order valence-electron chi connectivity index (χ3n) is 4.32. The molecule has 1 aliphatic rings. The number of ether oxygens (including phenoxy) is 4. The van der Waals surface area contributed by atoms with Gasteiger partial charge in [-0.25, -0.2) is 9.79 Å². The van der Waals surface area contributed by atoms with E-state index in [1.165, 1.54) is 7.11 Å². The molecule has 0 spiro atoms. The van der Waals surface area contributed by atoms with Gasteiger partial charge in [0.15, 0.2) is 23.8 Å². The Labute approximate surface area is 186 Å². The molecule has 0 saturated carbocycles. The normalized spacial score (nSPS) is 14.2. The first-order valence-electron chi connectivity index (χ1n) is 10.3. The van der Waals surface area contributed by atoms with Crippen LogP contribution in [0.1, 0.15) is 31.9 Å². The van der Waals surface area contributed by atoms with Crippen molar-refractivity contribution < 1.29 is 28.5 Å². The monoisotopic (exact) mass is 438 g/mol. The van der Waals surface area contributed by atoms with Crippen molar-refractivity contribution in [2.24, 2.45) is 4.99 Å². The van der Waals surface area contributed by atoms with Crippen molar-refractivity contribution in [3.05, 3.63) is 59.3 Å². The molecule has 1 amide bonds. The summed E-state index contributed by atoms with van der Waals surface area (Å²) in [5.74, 6) is 1.04. The van der Waals surface area contributed by atoms with Crippen LogP contribution in [-0.4, -0.2) is 44.1 Å². The Bertz CT molecular complexity index is 1040. The highest BCUT2D eigenvalue weighted by Crippen LogP contribution is 2.30. The lowest BCUT2D eigenvalue weighted by atomic mass is 10.1. The number of carbonyl (C=O) groups is 2. The van der Waals surface area contributed by atoms with Crippen LogP contribution in [0.3, 0.4) is 0 Å². The van der Waals surface area contributed by atoms with Gasteiger partial charge >= 0.3 is 5.97 Å². The molecule has 2 aromatic carbocycles. The van der Waals surface area contributed by atoms with Gasteiger partial charge in [0, 0.05) is 12.1 Å². The average molecular weight is 438 g/mol. The van der Waals surface area contributed by atoms with E-state index in [4.69, 9.17) is 18.9 Å². The van der Waals surface area contributed by atoms with Gasteiger partial charge < -0.3 is 24.3 Å². The van der Waals surface area contributed by atoms with E-state index < -0.39 is 5.97 Å². The van der Waals surface area contributed by atoms with E-state index in [2.05, 4.69) is 10.3 Å². The summed E-state index contributed by atoms with van der Waals surface area (Å²) in [4.78, 5) is 28.2. The largest absolute Gasteiger partial charge is 0.493 e. The van der Waals surface area contributed by atoms with E-state index in [0.717, 1.165) is 5.75 Å². The molecular formula is C24H26N2O6. The zero-order valence-electron chi connectivity index (χ0n) is 18.5. The fourth-order valence-electron chi connectivity index (χ4n) is 2.92. The Morgan fingerprint density at radius 3 is 2.56 bits per heavy atom. The van der Waals surface area contributed by atoms with Crippen molar-refractivity contribution in [1.29, 1.82) is 0 Å². The molecule has 8 nitrogen and oxygen atoms in total. The van der Waals surface area contributed by atoms with Crippen LogP contribution >= 0.6 is 0 Å². The summed E-state index contributed by atoms with van der Waals surface area (Å²) in [6.07, 6.45) is 1.67. The molecule has 1 N–H and O–H groups in total. The fourth-order valence-corrected chi connectivity index (χ4v) is 2.92. The van der Waals surface area contributed by atoms with E-state index in [0.29, 0.717) is 29.2 Å². The first kappa shape index (κ1) is 22.9. The molecule has 8 heteroatoms. The van der Waals surface area contributed by atoms with Crippen LogP contribution in [0.2, 0.25) is 0 Å². The highest BCUT2D eigenvalue weighted by Gasteiger charge is 2.24. The zero-order chi connectivity index (χ0) is 23.1. The van der Waals surface area contributed by atoms with Gasteiger partial charge in [0.25, 0.3) is 5.91 Å². The summed E-state index contributed by atoms with van der Waals surface area (Å²) in [5, 5.41) is 2.66. The minimum Gasteiger partial charge on any atom is -0.493 e. The van der Waals surface area contributed by atoms with Gasteiger partial charge in [0.2, 0.25) is 5.90 Å². The highest BCUT2D eigenvalue weighted by atomic mass is 16.6. The van der Waals surface area contributed by atoms with Crippen molar-refractivity contribution in [3.63, 3.8) is 0 Å². The van der Waals surface area contributed by atoms with E-state index in [-0.39, 0.29) is 30.2 Å². The first-order valence-corrected chi connectivity index (χ1v) is 10.3. The number of cyclic esters (lactones) is 1. The number of esters is 1. The number of amides is 1. The minimum atomic E-state index is -0.543. The summed E-state index contributed by atoms with van der Waals surface area (Å²) >= 11 is 0. The molecule has 0 aliphatic carbocycles. The van der Waals surface area contributed by atoms with Crippen LogP contribution in [0.25, 0.3) is 6.08 Å². The van der Waals surface area contributed by atoms with E-state index in [1.54, 1.807) is 48.5 Å². The number of aliphatic imine (C=N–C) groups is 1. The molecule has 0 unspecified atom stereocenters. The average Bonchev–Trinajstić information content (AvgIpc) is 3.13. The molecule has 0 saturated heterocycles. The topological polar surface area (TPSA) is 95.5 Å². The number of rotatable bonds is 9. The number of methoxy groups -OCH3 is 1. The molecule has 0 aromatic heterocycles. The molecule has 2 aromatic rings. The van der Waals surface area contributed by atoms with Crippen LogP contribution in [0.15, 0.2) is 53.2 Å². The molecule has 168 valence electrons. The molecule has 32 heavy (non-hydrogen) atoms. The standard InChI is InChI=1S/C24H26N2O6/c1-5-25-22(27)14-30-20-11-6-16(13-21(20)29-4)12-19-24(28)32-23(26-19)17-7-9-18(10-8-17)31-15(2)3/h6-13,15H,5,14H2,1-4H3,(H,25,27)/b19-12-. The maximum absolute atomic E-state index is 12.3. The summed E-state index contributed by atoms with van der Waals surface area (Å²) in [5.41, 5.74) is 1.51. The Balaban J connectivity index is 1.76. The number of likely N-dealkylation sites (N-methyl/N-ethyl adjacent to an activating group) is 1. The minimum absolute atomic E-state index is 0.0688. The fraction of sp³-hybridized carbons (Fsp3) is 0.292. The van der Waals surface area contributed by atoms with Crippen molar-refractivity contribution >= 4 is 23.9 Å².